The van der Waals surface area contributed by atoms with Crippen LogP contribution in [-0.2, 0) is 4.79 Å². The van der Waals surface area contributed by atoms with Gasteiger partial charge in [0.1, 0.15) is 11.6 Å². The number of likely N-dealkylation sites (N-methyl/N-ethyl adjacent to an activating group) is 1. The summed E-state index contributed by atoms with van der Waals surface area (Å²) >= 11 is 6.13. The fourth-order valence-corrected chi connectivity index (χ4v) is 4.29. The number of hydrogen-bond donors (Lipinski definition) is 1. The second kappa shape index (κ2) is 6.25. The van der Waals surface area contributed by atoms with Gasteiger partial charge in [-0.1, -0.05) is 11.6 Å². The molecule has 0 radical (unpaired) electrons. The van der Waals surface area contributed by atoms with E-state index in [9.17, 15) is 14.8 Å². The maximum atomic E-state index is 12.9. The van der Waals surface area contributed by atoms with E-state index in [1.54, 1.807) is 13.1 Å². The van der Waals surface area contributed by atoms with Gasteiger partial charge in [0.15, 0.2) is 12.4 Å². The highest BCUT2D eigenvalue weighted by molar-refractivity contribution is 6.31. The molecule has 25 heavy (non-hydrogen) atoms. The van der Waals surface area contributed by atoms with E-state index in [2.05, 4.69) is 4.90 Å². The number of carbonyl (C=O) groups excluding carboxylic acids is 2. The Morgan fingerprint density at radius 2 is 2.08 bits per heavy atom. The summed E-state index contributed by atoms with van der Waals surface area (Å²) in [5, 5.41) is 12.8. The number of amides is 2. The van der Waals surface area contributed by atoms with Crippen molar-refractivity contribution in [3.63, 3.8) is 0 Å². The lowest BCUT2D eigenvalue weighted by Gasteiger charge is -2.47. The number of piperidine rings is 3. The molecule has 7 nitrogen and oxygen atoms in total. The number of ether oxygens (including phenoxy) is 1. The van der Waals surface area contributed by atoms with Crippen LogP contribution in [-0.4, -0.2) is 56.0 Å². The monoisotopic (exact) mass is 365 g/mol. The molecule has 2 bridgehead atoms. The Bertz CT molecular complexity index is 733. The van der Waals surface area contributed by atoms with Crippen molar-refractivity contribution in [2.45, 2.75) is 18.9 Å². The number of benzene rings is 1. The van der Waals surface area contributed by atoms with Crippen LogP contribution in [0, 0.1) is 11.1 Å². The lowest BCUT2D eigenvalue weighted by Crippen LogP contribution is -3.16. The van der Waals surface area contributed by atoms with Gasteiger partial charge in [-0.05, 0) is 38.1 Å². The molecule has 8 heteroatoms. The third-order valence-electron chi connectivity index (χ3n) is 5.57. The van der Waals surface area contributed by atoms with Gasteiger partial charge in [0.25, 0.3) is 5.91 Å². The van der Waals surface area contributed by atoms with Crippen molar-refractivity contribution in [1.82, 2.24) is 4.90 Å². The van der Waals surface area contributed by atoms with E-state index in [-0.39, 0.29) is 40.8 Å². The first kappa shape index (κ1) is 16.8. The van der Waals surface area contributed by atoms with Crippen LogP contribution in [0.15, 0.2) is 12.1 Å². The van der Waals surface area contributed by atoms with Gasteiger partial charge < -0.3 is 19.9 Å². The first-order valence-electron chi connectivity index (χ1n) is 8.49. The molecular weight excluding hydrogens is 346 g/mol. The third-order valence-corrected chi connectivity index (χ3v) is 5.79. The SMILES string of the molecule is CN1C(=O)COc2c(C(=O)[NH+]([O-])C3CN4CCC3CC4)cc(Cl)cc21. The first-order chi connectivity index (χ1) is 12.0. The van der Waals surface area contributed by atoms with Crippen molar-refractivity contribution >= 4 is 29.1 Å². The van der Waals surface area contributed by atoms with Crippen LogP contribution >= 0.6 is 11.6 Å². The van der Waals surface area contributed by atoms with Gasteiger partial charge in [-0.2, -0.15) is 0 Å². The normalized spacial score (nSPS) is 29.2. The molecule has 0 spiro atoms. The molecule has 5 rings (SSSR count). The highest BCUT2D eigenvalue weighted by Crippen LogP contribution is 2.37. The minimum Gasteiger partial charge on any atom is -0.626 e. The summed E-state index contributed by atoms with van der Waals surface area (Å²) in [6.45, 7) is 2.51. The molecule has 4 aliphatic rings. The topological polar surface area (TPSA) is 77.3 Å². The molecule has 3 fully saturated rings. The molecule has 1 N–H and O–H groups in total. The first-order valence-corrected chi connectivity index (χ1v) is 8.87. The number of rotatable bonds is 2. The number of hydrogen-bond acceptors (Lipinski definition) is 5. The smallest absolute Gasteiger partial charge is 0.348 e. The van der Waals surface area contributed by atoms with Gasteiger partial charge in [-0.25, -0.2) is 4.79 Å². The Morgan fingerprint density at radius 1 is 1.36 bits per heavy atom. The van der Waals surface area contributed by atoms with Crippen molar-refractivity contribution in [2.24, 2.45) is 5.92 Å². The fourth-order valence-electron chi connectivity index (χ4n) is 4.08. The zero-order chi connectivity index (χ0) is 17.7. The van der Waals surface area contributed by atoms with E-state index in [0.29, 0.717) is 17.3 Å². The zero-order valence-electron chi connectivity index (χ0n) is 14.0. The van der Waals surface area contributed by atoms with Crippen LogP contribution in [0.25, 0.3) is 0 Å². The van der Waals surface area contributed by atoms with Crippen LogP contribution in [0.3, 0.4) is 0 Å². The molecular formula is C17H20ClN3O4. The summed E-state index contributed by atoms with van der Waals surface area (Å²) in [7, 11) is 1.60. The second-order valence-corrected chi connectivity index (χ2v) is 7.42. The molecule has 1 aromatic rings. The summed E-state index contributed by atoms with van der Waals surface area (Å²) in [4.78, 5) is 28.4. The molecule has 2 atom stereocenters. The number of halogens is 1. The van der Waals surface area contributed by atoms with Gasteiger partial charge in [-0.3, -0.25) is 9.69 Å². The maximum absolute atomic E-state index is 12.9. The number of quaternary nitrogens is 1. The fraction of sp³-hybridized carbons (Fsp3) is 0.529. The lowest BCUT2D eigenvalue weighted by molar-refractivity contribution is -0.796. The summed E-state index contributed by atoms with van der Waals surface area (Å²) in [5.74, 6) is -0.245. The summed E-state index contributed by atoms with van der Waals surface area (Å²) < 4.78 is 5.48. The summed E-state index contributed by atoms with van der Waals surface area (Å²) in [6.07, 6.45) is 1.93. The van der Waals surface area contributed by atoms with Gasteiger partial charge in [0.05, 0.1) is 12.2 Å². The summed E-state index contributed by atoms with van der Waals surface area (Å²) in [6, 6.07) is 2.78. The molecule has 1 aromatic carbocycles. The predicted molar refractivity (Wildman–Crippen MR) is 92.0 cm³/mol. The van der Waals surface area contributed by atoms with Gasteiger partial charge >= 0.3 is 5.91 Å². The molecule has 134 valence electrons. The van der Waals surface area contributed by atoms with Crippen molar-refractivity contribution in [2.75, 3.05) is 38.2 Å². The van der Waals surface area contributed by atoms with Crippen molar-refractivity contribution in [3.05, 3.63) is 27.9 Å². The molecule has 0 aliphatic carbocycles. The van der Waals surface area contributed by atoms with E-state index in [0.717, 1.165) is 25.9 Å². The van der Waals surface area contributed by atoms with E-state index in [1.165, 1.54) is 11.0 Å². The second-order valence-electron chi connectivity index (χ2n) is 6.98. The molecule has 4 heterocycles. The number of nitrogens with zero attached hydrogens (tertiary/aromatic N) is 2. The molecule has 4 aliphatic heterocycles. The zero-order valence-corrected chi connectivity index (χ0v) is 14.7. The lowest BCUT2D eigenvalue weighted by atomic mass is 9.83. The molecule has 2 amide bonds. The Morgan fingerprint density at radius 3 is 2.72 bits per heavy atom. The highest BCUT2D eigenvalue weighted by atomic mass is 35.5. The number of hydroxylamine groups is 2. The van der Waals surface area contributed by atoms with Gasteiger partial charge in [-0.15, -0.1) is 0 Å². The minimum atomic E-state index is -0.569. The van der Waals surface area contributed by atoms with E-state index < -0.39 is 5.91 Å². The van der Waals surface area contributed by atoms with Crippen LogP contribution in [0.4, 0.5) is 5.69 Å². The average Bonchev–Trinajstić information content (AvgIpc) is 2.64. The highest BCUT2D eigenvalue weighted by Gasteiger charge is 2.41. The summed E-state index contributed by atoms with van der Waals surface area (Å²) in [5.41, 5.74) is 0.581. The van der Waals surface area contributed by atoms with E-state index in [4.69, 9.17) is 16.3 Å². The third kappa shape index (κ3) is 2.81. The maximum Gasteiger partial charge on any atom is 0.348 e. The predicted octanol–water partition coefficient (Wildman–Crippen LogP) is 0.312. The van der Waals surface area contributed by atoms with E-state index >= 15 is 0 Å². The molecule has 0 aromatic heterocycles. The van der Waals surface area contributed by atoms with E-state index in [1.807, 2.05) is 0 Å². The Kier molecular flexibility index (Phi) is 4.19. The Balaban J connectivity index is 1.66. The number of nitrogens with one attached hydrogen (secondary N) is 1. The van der Waals surface area contributed by atoms with Crippen molar-refractivity contribution < 1.29 is 19.4 Å². The van der Waals surface area contributed by atoms with Gasteiger partial charge in [0, 0.05) is 18.0 Å². The number of fused-ring (bicyclic) bond motifs is 4. The van der Waals surface area contributed by atoms with Crippen LogP contribution in [0.5, 0.6) is 5.75 Å². The Hall–Kier alpha value is -1.67. The largest absolute Gasteiger partial charge is 0.626 e. The number of carbonyl (C=O) groups is 2. The standard InChI is InChI=1S/C17H20ClN3O4/c1-19-13-7-11(18)6-12(16(13)25-9-15(19)22)17(23)21(24)14-8-20-4-2-10(14)3-5-20/h6-7,10,14,21H,2-5,8-9H2,1H3. The number of anilines is 1. The minimum absolute atomic E-state index is 0.153. The average molecular weight is 366 g/mol. The van der Waals surface area contributed by atoms with Crippen molar-refractivity contribution in [1.29, 1.82) is 0 Å². The van der Waals surface area contributed by atoms with Crippen LogP contribution in [0.2, 0.25) is 5.02 Å². The molecule has 3 saturated heterocycles. The molecule has 2 unspecified atom stereocenters. The van der Waals surface area contributed by atoms with Crippen molar-refractivity contribution in [3.8, 4) is 5.75 Å². The van der Waals surface area contributed by atoms with Gasteiger partial charge in [0.2, 0.25) is 0 Å². The molecule has 0 saturated carbocycles. The quantitative estimate of drug-likeness (QED) is 0.763. The Labute approximate surface area is 150 Å². The van der Waals surface area contributed by atoms with Crippen LogP contribution in [0.1, 0.15) is 23.2 Å². The van der Waals surface area contributed by atoms with Crippen LogP contribution < -0.4 is 14.7 Å².